The maximum absolute atomic E-state index is 11.1. The molecule has 0 heterocycles. The van der Waals surface area contributed by atoms with Gasteiger partial charge in [-0.2, -0.15) is 0 Å². The summed E-state index contributed by atoms with van der Waals surface area (Å²) >= 11 is 1.64. The molecule has 3 nitrogen and oxygen atoms in total. The second-order valence-corrected chi connectivity index (χ2v) is 5.72. The summed E-state index contributed by atoms with van der Waals surface area (Å²) < 4.78 is 0. The lowest BCUT2D eigenvalue weighted by Crippen LogP contribution is -2.10. The van der Waals surface area contributed by atoms with Crippen LogP contribution in [0.25, 0.3) is 0 Å². The number of carbonyl (C=O) groups is 1. The van der Waals surface area contributed by atoms with E-state index >= 15 is 0 Å². The maximum Gasteiger partial charge on any atom is 0.336 e. The van der Waals surface area contributed by atoms with E-state index in [0.717, 1.165) is 17.7 Å². The molecule has 0 atom stereocenters. The summed E-state index contributed by atoms with van der Waals surface area (Å²) in [6.07, 6.45) is 6.11. The van der Waals surface area contributed by atoms with Crippen molar-refractivity contribution in [2.45, 2.75) is 42.2 Å². The molecule has 1 aliphatic carbocycles. The molecule has 0 bridgehead atoms. The molecule has 1 fully saturated rings. The van der Waals surface area contributed by atoms with E-state index in [0.29, 0.717) is 16.5 Å². The van der Waals surface area contributed by atoms with Gasteiger partial charge in [0.05, 0.1) is 5.56 Å². The molecule has 17 heavy (non-hydrogen) atoms. The first-order valence-electron chi connectivity index (χ1n) is 5.97. The number of benzene rings is 1. The first-order valence-corrected chi connectivity index (χ1v) is 6.85. The van der Waals surface area contributed by atoms with E-state index in [1.807, 2.05) is 0 Å². The second kappa shape index (κ2) is 5.45. The van der Waals surface area contributed by atoms with Gasteiger partial charge in [0, 0.05) is 15.8 Å². The molecule has 0 aliphatic heterocycles. The van der Waals surface area contributed by atoms with Gasteiger partial charge in [-0.3, -0.25) is 0 Å². The van der Waals surface area contributed by atoms with Crippen molar-refractivity contribution in [3.63, 3.8) is 0 Å². The third-order valence-corrected chi connectivity index (χ3v) is 4.61. The van der Waals surface area contributed by atoms with Gasteiger partial charge in [0.2, 0.25) is 0 Å². The summed E-state index contributed by atoms with van der Waals surface area (Å²) in [5.74, 6) is -0.893. The van der Waals surface area contributed by atoms with E-state index in [2.05, 4.69) is 0 Å². The highest BCUT2D eigenvalue weighted by Crippen LogP contribution is 2.38. The normalized spacial score (nSPS) is 16.9. The summed E-state index contributed by atoms with van der Waals surface area (Å²) in [5, 5.41) is 9.67. The number of nitrogen functional groups attached to an aromatic ring is 1. The highest BCUT2D eigenvalue weighted by atomic mass is 32.2. The minimum absolute atomic E-state index is 0.334. The molecule has 0 spiro atoms. The Hall–Kier alpha value is -1.16. The molecule has 0 saturated heterocycles. The topological polar surface area (TPSA) is 63.3 Å². The molecule has 1 aromatic carbocycles. The van der Waals surface area contributed by atoms with E-state index in [1.54, 1.807) is 30.0 Å². The SMILES string of the molecule is Nc1cccc(C(=O)O)c1SC1CCCCC1. The molecule has 0 unspecified atom stereocenters. The molecular formula is C13H17NO2S. The van der Waals surface area contributed by atoms with Crippen LogP contribution in [0.1, 0.15) is 42.5 Å². The third kappa shape index (κ3) is 2.94. The van der Waals surface area contributed by atoms with Crippen molar-refractivity contribution < 1.29 is 9.90 Å². The average molecular weight is 251 g/mol. The average Bonchev–Trinajstić information content (AvgIpc) is 2.33. The summed E-state index contributed by atoms with van der Waals surface area (Å²) in [6.45, 7) is 0. The predicted molar refractivity (Wildman–Crippen MR) is 70.5 cm³/mol. The molecule has 1 aliphatic rings. The van der Waals surface area contributed by atoms with E-state index in [1.165, 1.54) is 19.3 Å². The van der Waals surface area contributed by atoms with Crippen molar-refractivity contribution in [3.8, 4) is 0 Å². The molecule has 0 radical (unpaired) electrons. The number of rotatable bonds is 3. The lowest BCUT2D eigenvalue weighted by molar-refractivity contribution is 0.0693. The van der Waals surface area contributed by atoms with Crippen LogP contribution in [0.5, 0.6) is 0 Å². The number of nitrogens with two attached hydrogens (primary N) is 1. The molecule has 3 N–H and O–H groups in total. The van der Waals surface area contributed by atoms with E-state index < -0.39 is 5.97 Å². The highest BCUT2D eigenvalue weighted by Gasteiger charge is 2.20. The quantitative estimate of drug-likeness (QED) is 0.808. The fraction of sp³-hybridized carbons (Fsp3) is 0.462. The third-order valence-electron chi connectivity index (χ3n) is 3.11. The lowest BCUT2D eigenvalue weighted by atomic mass is 10.0. The number of carboxylic acid groups (broad SMARTS) is 1. The van der Waals surface area contributed by atoms with Crippen LogP contribution in [0.15, 0.2) is 23.1 Å². The number of anilines is 1. The van der Waals surface area contributed by atoms with Gasteiger partial charge in [0.15, 0.2) is 0 Å². The van der Waals surface area contributed by atoms with Gasteiger partial charge in [-0.05, 0) is 25.0 Å². The van der Waals surface area contributed by atoms with Crippen LogP contribution in [0, 0.1) is 0 Å². The van der Waals surface area contributed by atoms with Gasteiger partial charge in [0.25, 0.3) is 0 Å². The number of thioether (sulfide) groups is 1. The molecule has 2 rings (SSSR count). The molecular weight excluding hydrogens is 234 g/mol. The Labute approximate surface area is 105 Å². The lowest BCUT2D eigenvalue weighted by Gasteiger charge is -2.22. The number of hydrogen-bond donors (Lipinski definition) is 2. The van der Waals surface area contributed by atoms with Crippen molar-refractivity contribution in [1.29, 1.82) is 0 Å². The summed E-state index contributed by atoms with van der Waals surface area (Å²) in [6, 6.07) is 5.10. The first-order chi connectivity index (χ1) is 8.18. The van der Waals surface area contributed by atoms with Crippen LogP contribution in [-0.2, 0) is 0 Å². The largest absolute Gasteiger partial charge is 0.478 e. The zero-order chi connectivity index (χ0) is 12.3. The van der Waals surface area contributed by atoms with Crippen molar-refractivity contribution >= 4 is 23.4 Å². The van der Waals surface area contributed by atoms with E-state index in [9.17, 15) is 4.79 Å². The smallest absolute Gasteiger partial charge is 0.336 e. The van der Waals surface area contributed by atoms with Crippen LogP contribution in [0.4, 0.5) is 5.69 Å². The fourth-order valence-corrected chi connectivity index (χ4v) is 3.59. The molecule has 4 heteroatoms. The van der Waals surface area contributed by atoms with E-state index in [-0.39, 0.29) is 0 Å². The minimum atomic E-state index is -0.893. The van der Waals surface area contributed by atoms with Crippen molar-refractivity contribution in [3.05, 3.63) is 23.8 Å². The van der Waals surface area contributed by atoms with Gasteiger partial charge in [-0.25, -0.2) is 4.79 Å². The fourth-order valence-electron chi connectivity index (χ4n) is 2.20. The predicted octanol–water partition coefficient (Wildman–Crippen LogP) is 3.39. The Morgan fingerprint density at radius 3 is 2.65 bits per heavy atom. The summed E-state index contributed by atoms with van der Waals surface area (Å²) in [5.41, 5.74) is 6.81. The molecule has 0 amide bonds. The number of aromatic carboxylic acids is 1. The van der Waals surface area contributed by atoms with Crippen LogP contribution in [-0.4, -0.2) is 16.3 Å². The Kier molecular flexibility index (Phi) is 3.94. The Balaban J connectivity index is 2.21. The molecule has 0 aromatic heterocycles. The van der Waals surface area contributed by atoms with Gasteiger partial charge in [-0.15, -0.1) is 11.8 Å². The number of hydrogen-bond acceptors (Lipinski definition) is 3. The van der Waals surface area contributed by atoms with E-state index in [4.69, 9.17) is 10.8 Å². The van der Waals surface area contributed by atoms with Crippen LogP contribution in [0.2, 0.25) is 0 Å². The summed E-state index contributed by atoms with van der Waals surface area (Å²) in [7, 11) is 0. The van der Waals surface area contributed by atoms with Crippen molar-refractivity contribution in [1.82, 2.24) is 0 Å². The van der Waals surface area contributed by atoms with Gasteiger partial charge in [0.1, 0.15) is 0 Å². The monoisotopic (exact) mass is 251 g/mol. The molecule has 1 aromatic rings. The zero-order valence-electron chi connectivity index (χ0n) is 9.69. The Morgan fingerprint density at radius 2 is 2.00 bits per heavy atom. The van der Waals surface area contributed by atoms with Crippen LogP contribution in [0.3, 0.4) is 0 Å². The van der Waals surface area contributed by atoms with Gasteiger partial charge < -0.3 is 10.8 Å². The minimum Gasteiger partial charge on any atom is -0.478 e. The zero-order valence-corrected chi connectivity index (χ0v) is 10.5. The van der Waals surface area contributed by atoms with Gasteiger partial charge >= 0.3 is 5.97 Å². The maximum atomic E-state index is 11.1. The summed E-state index contributed by atoms with van der Waals surface area (Å²) in [4.78, 5) is 11.9. The highest BCUT2D eigenvalue weighted by molar-refractivity contribution is 8.00. The van der Waals surface area contributed by atoms with Gasteiger partial charge in [-0.1, -0.05) is 25.3 Å². The first kappa shape index (κ1) is 12.3. The standard InChI is InChI=1S/C13H17NO2S/c14-11-8-4-7-10(13(15)16)12(11)17-9-5-2-1-3-6-9/h4,7-9H,1-3,5-6,14H2,(H,15,16). The Bertz CT molecular complexity index is 414. The molecule has 1 saturated carbocycles. The van der Waals surface area contributed by atoms with Crippen molar-refractivity contribution in [2.24, 2.45) is 0 Å². The van der Waals surface area contributed by atoms with Crippen LogP contribution >= 0.6 is 11.8 Å². The number of carboxylic acids is 1. The molecule has 92 valence electrons. The second-order valence-electron chi connectivity index (χ2n) is 4.41. The van der Waals surface area contributed by atoms with Crippen LogP contribution < -0.4 is 5.73 Å². The Morgan fingerprint density at radius 1 is 1.29 bits per heavy atom. The van der Waals surface area contributed by atoms with Crippen molar-refractivity contribution in [2.75, 3.05) is 5.73 Å².